The third-order valence-electron chi connectivity index (χ3n) is 4.47. The highest BCUT2D eigenvalue weighted by molar-refractivity contribution is 5.85. The summed E-state index contributed by atoms with van der Waals surface area (Å²) in [5.74, 6) is 0.0408. The lowest BCUT2D eigenvalue weighted by atomic mass is 10.0. The van der Waals surface area contributed by atoms with Crippen molar-refractivity contribution in [3.05, 3.63) is 63.1 Å². The van der Waals surface area contributed by atoms with E-state index in [9.17, 15) is 14.0 Å². The molecule has 0 bridgehead atoms. The minimum absolute atomic E-state index is 0. The van der Waals surface area contributed by atoms with Gasteiger partial charge >= 0.3 is 0 Å². The van der Waals surface area contributed by atoms with Crippen LogP contribution in [0, 0.1) is 19.7 Å². The van der Waals surface area contributed by atoms with Gasteiger partial charge < -0.3 is 15.2 Å². The molecule has 1 aromatic heterocycles. The molecule has 0 radical (unpaired) electrons. The first-order valence-electron chi connectivity index (χ1n) is 8.27. The maximum Gasteiger partial charge on any atom is 0.254 e. The summed E-state index contributed by atoms with van der Waals surface area (Å²) in [4.78, 5) is 33.6. The molecule has 1 saturated heterocycles. The number of aromatic amines is 1. The Kier molecular flexibility index (Phi) is 6.50. The fourth-order valence-corrected chi connectivity index (χ4v) is 3.23. The minimum atomic E-state index is -0.328. The van der Waals surface area contributed by atoms with Gasteiger partial charge in [0.1, 0.15) is 11.6 Å². The van der Waals surface area contributed by atoms with Crippen molar-refractivity contribution in [2.24, 2.45) is 0 Å². The highest BCUT2D eigenvalue weighted by atomic mass is 35.5. The lowest BCUT2D eigenvalue weighted by Gasteiger charge is -2.36. The van der Waals surface area contributed by atoms with Crippen molar-refractivity contribution in [1.29, 1.82) is 0 Å². The van der Waals surface area contributed by atoms with E-state index in [-0.39, 0.29) is 42.2 Å². The predicted octanol–water partition coefficient (Wildman–Crippen LogP) is 1.66. The minimum Gasteiger partial charge on any atom is -0.333 e. The quantitative estimate of drug-likeness (QED) is 0.849. The summed E-state index contributed by atoms with van der Waals surface area (Å²) in [6.45, 7) is 5.16. The molecule has 8 heteroatoms. The smallest absolute Gasteiger partial charge is 0.254 e. The number of aromatic nitrogens is 2. The molecule has 1 aromatic carbocycles. The van der Waals surface area contributed by atoms with Gasteiger partial charge in [0.25, 0.3) is 5.56 Å². The molecule has 26 heavy (non-hydrogen) atoms. The second kappa shape index (κ2) is 8.42. The normalized spacial score (nSPS) is 16.9. The molecule has 1 atom stereocenters. The van der Waals surface area contributed by atoms with Crippen molar-refractivity contribution < 1.29 is 9.18 Å². The number of amides is 1. The summed E-state index contributed by atoms with van der Waals surface area (Å²) in [6.07, 6.45) is -0.0136. The molecule has 1 aliphatic heterocycles. The molecule has 0 aliphatic carbocycles. The van der Waals surface area contributed by atoms with Gasteiger partial charge in [0.15, 0.2) is 0 Å². The molecular formula is C18H22ClFN4O2. The largest absolute Gasteiger partial charge is 0.333 e. The Labute approximate surface area is 157 Å². The van der Waals surface area contributed by atoms with Crippen LogP contribution in [0.3, 0.4) is 0 Å². The summed E-state index contributed by atoms with van der Waals surface area (Å²) in [7, 11) is 0. The van der Waals surface area contributed by atoms with Crippen LogP contribution in [0.2, 0.25) is 0 Å². The SMILES string of the molecule is Cc1nc(C)c(CC(=O)N2CCNCC2c2cccc(F)c2)c(=O)[nH]1.Cl. The zero-order chi connectivity index (χ0) is 18.0. The Balaban J connectivity index is 0.00000243. The third-order valence-corrected chi connectivity index (χ3v) is 4.47. The fourth-order valence-electron chi connectivity index (χ4n) is 3.23. The molecule has 1 aliphatic rings. The summed E-state index contributed by atoms with van der Waals surface area (Å²) in [6, 6.07) is 6.03. The van der Waals surface area contributed by atoms with Crippen molar-refractivity contribution in [1.82, 2.24) is 20.2 Å². The van der Waals surface area contributed by atoms with Gasteiger partial charge in [-0.2, -0.15) is 0 Å². The molecule has 1 fully saturated rings. The maximum absolute atomic E-state index is 13.6. The first kappa shape index (κ1) is 20.1. The number of carbonyl (C=O) groups is 1. The summed E-state index contributed by atoms with van der Waals surface area (Å²) >= 11 is 0. The number of H-pyrrole nitrogens is 1. The average Bonchev–Trinajstić information content (AvgIpc) is 2.58. The molecule has 6 nitrogen and oxygen atoms in total. The molecule has 3 rings (SSSR count). The molecule has 140 valence electrons. The van der Waals surface area contributed by atoms with Crippen LogP contribution in [0.15, 0.2) is 29.1 Å². The molecule has 2 N–H and O–H groups in total. The van der Waals surface area contributed by atoms with Crippen LogP contribution in [0.1, 0.15) is 28.7 Å². The number of nitrogens with one attached hydrogen (secondary N) is 2. The van der Waals surface area contributed by atoms with Gasteiger partial charge in [-0.15, -0.1) is 12.4 Å². The first-order chi connectivity index (χ1) is 12.0. The molecular weight excluding hydrogens is 359 g/mol. The second-order valence-corrected chi connectivity index (χ2v) is 6.25. The summed E-state index contributed by atoms with van der Waals surface area (Å²) in [5.41, 5.74) is 1.41. The van der Waals surface area contributed by atoms with E-state index < -0.39 is 0 Å². The number of hydrogen-bond donors (Lipinski definition) is 2. The number of aryl methyl sites for hydroxylation is 2. The third kappa shape index (κ3) is 4.28. The predicted molar refractivity (Wildman–Crippen MR) is 99.0 cm³/mol. The van der Waals surface area contributed by atoms with Gasteiger partial charge in [0.05, 0.1) is 12.5 Å². The Morgan fingerprint density at radius 2 is 2.15 bits per heavy atom. The van der Waals surface area contributed by atoms with E-state index in [0.29, 0.717) is 36.7 Å². The van der Waals surface area contributed by atoms with Gasteiger partial charge in [0, 0.05) is 30.9 Å². The van der Waals surface area contributed by atoms with E-state index in [1.54, 1.807) is 24.8 Å². The number of carbonyl (C=O) groups excluding carboxylic acids is 1. The summed E-state index contributed by atoms with van der Waals surface area (Å²) < 4.78 is 13.6. The van der Waals surface area contributed by atoms with E-state index in [4.69, 9.17) is 0 Å². The van der Waals surface area contributed by atoms with E-state index in [2.05, 4.69) is 15.3 Å². The van der Waals surface area contributed by atoms with E-state index in [0.717, 1.165) is 5.56 Å². The number of benzene rings is 1. The monoisotopic (exact) mass is 380 g/mol. The Morgan fingerprint density at radius 3 is 2.85 bits per heavy atom. The van der Waals surface area contributed by atoms with Crippen LogP contribution < -0.4 is 10.9 Å². The van der Waals surface area contributed by atoms with Gasteiger partial charge in [-0.25, -0.2) is 9.37 Å². The lowest BCUT2D eigenvalue weighted by molar-refractivity contribution is -0.133. The molecule has 0 saturated carbocycles. The second-order valence-electron chi connectivity index (χ2n) is 6.25. The zero-order valence-electron chi connectivity index (χ0n) is 14.7. The van der Waals surface area contributed by atoms with Gasteiger partial charge in [-0.05, 0) is 31.5 Å². The average molecular weight is 381 g/mol. The molecule has 2 aromatic rings. The van der Waals surface area contributed by atoms with Gasteiger partial charge in [0.2, 0.25) is 5.91 Å². The molecule has 2 heterocycles. The topological polar surface area (TPSA) is 78.1 Å². The first-order valence-corrected chi connectivity index (χ1v) is 8.27. The van der Waals surface area contributed by atoms with Crippen LogP contribution in [-0.2, 0) is 11.2 Å². The number of halogens is 2. The maximum atomic E-state index is 13.6. The Bertz CT molecular complexity index is 855. The van der Waals surface area contributed by atoms with Crippen LogP contribution in [-0.4, -0.2) is 40.4 Å². The van der Waals surface area contributed by atoms with Crippen molar-refractivity contribution >= 4 is 18.3 Å². The Hall–Kier alpha value is -2.25. The number of rotatable bonds is 3. The van der Waals surface area contributed by atoms with Crippen molar-refractivity contribution in [2.45, 2.75) is 26.3 Å². The highest BCUT2D eigenvalue weighted by Gasteiger charge is 2.29. The van der Waals surface area contributed by atoms with E-state index >= 15 is 0 Å². The van der Waals surface area contributed by atoms with Crippen molar-refractivity contribution in [2.75, 3.05) is 19.6 Å². The van der Waals surface area contributed by atoms with Gasteiger partial charge in [-0.1, -0.05) is 12.1 Å². The number of piperazine rings is 1. The molecule has 1 unspecified atom stereocenters. The molecule has 0 spiro atoms. The standard InChI is InChI=1S/C18H21FN4O2.ClH/c1-11-15(18(25)22-12(2)21-11)9-17(24)23-7-6-20-10-16(23)13-4-3-5-14(19)8-13;/h3-5,8,16,20H,6-7,9-10H2,1-2H3,(H,21,22,25);1H. The van der Waals surface area contributed by atoms with Crippen molar-refractivity contribution in [3.63, 3.8) is 0 Å². The van der Waals surface area contributed by atoms with E-state index in [1.807, 2.05) is 6.07 Å². The van der Waals surface area contributed by atoms with Crippen molar-refractivity contribution in [3.8, 4) is 0 Å². The van der Waals surface area contributed by atoms with Crippen LogP contribution >= 0.6 is 12.4 Å². The van der Waals surface area contributed by atoms with E-state index in [1.165, 1.54) is 12.1 Å². The fraction of sp³-hybridized carbons (Fsp3) is 0.389. The lowest BCUT2D eigenvalue weighted by Crippen LogP contribution is -2.49. The Morgan fingerprint density at radius 1 is 1.38 bits per heavy atom. The zero-order valence-corrected chi connectivity index (χ0v) is 15.5. The van der Waals surface area contributed by atoms with Crippen LogP contribution in [0.5, 0.6) is 0 Å². The number of hydrogen-bond acceptors (Lipinski definition) is 4. The van der Waals surface area contributed by atoms with Crippen LogP contribution in [0.25, 0.3) is 0 Å². The number of nitrogens with zero attached hydrogens (tertiary/aromatic N) is 2. The molecule has 1 amide bonds. The van der Waals surface area contributed by atoms with Crippen LogP contribution in [0.4, 0.5) is 4.39 Å². The highest BCUT2D eigenvalue weighted by Crippen LogP contribution is 2.23. The van der Waals surface area contributed by atoms with Gasteiger partial charge in [-0.3, -0.25) is 9.59 Å². The summed E-state index contributed by atoms with van der Waals surface area (Å²) in [5, 5.41) is 3.24.